The summed E-state index contributed by atoms with van der Waals surface area (Å²) in [5.74, 6) is -2.37. The van der Waals surface area contributed by atoms with Gasteiger partial charge in [-0.3, -0.25) is 37.3 Å². The van der Waals surface area contributed by atoms with Crippen molar-refractivity contribution in [3.8, 4) is 0 Å². The van der Waals surface area contributed by atoms with Crippen molar-refractivity contribution in [2.45, 2.75) is 316 Å². The zero-order valence-corrected chi connectivity index (χ0v) is 68.7. The van der Waals surface area contributed by atoms with Gasteiger partial charge in [-0.05, 0) is 148 Å². The third kappa shape index (κ3) is 78.3. The lowest BCUT2D eigenvalue weighted by molar-refractivity contribution is -0.161. The Bertz CT molecular complexity index is 2760. The van der Waals surface area contributed by atoms with Crippen molar-refractivity contribution in [3.63, 3.8) is 0 Å². The number of ether oxygens (including phenoxy) is 4. The van der Waals surface area contributed by atoms with Crippen molar-refractivity contribution in [3.05, 3.63) is 182 Å². The Morgan fingerprint density at radius 3 is 0.815 bits per heavy atom. The van der Waals surface area contributed by atoms with Gasteiger partial charge in [0.25, 0.3) is 0 Å². The zero-order valence-electron chi connectivity index (χ0n) is 66.9. The van der Waals surface area contributed by atoms with Crippen molar-refractivity contribution in [1.82, 2.24) is 0 Å². The number of esters is 4. The summed E-state index contributed by atoms with van der Waals surface area (Å²) >= 11 is 0. The Morgan fingerprint density at radius 2 is 0.500 bits per heavy atom. The van der Waals surface area contributed by atoms with E-state index in [1.807, 2.05) is 18.2 Å². The first-order valence-electron chi connectivity index (χ1n) is 41.0. The first-order valence-corrected chi connectivity index (χ1v) is 44.0. The molecule has 0 fully saturated rings. The minimum atomic E-state index is -5.01. The van der Waals surface area contributed by atoms with Gasteiger partial charge in [-0.25, -0.2) is 9.13 Å². The van der Waals surface area contributed by atoms with E-state index in [4.69, 9.17) is 37.0 Å². The molecule has 0 radical (unpaired) electrons. The van der Waals surface area contributed by atoms with Crippen LogP contribution in [0.25, 0.3) is 0 Å². The van der Waals surface area contributed by atoms with Crippen LogP contribution in [0, 0.1) is 0 Å². The number of hydrogen-bond donors (Lipinski definition) is 3. The number of aliphatic hydroxyl groups excluding tert-OH is 1. The molecule has 108 heavy (non-hydrogen) atoms. The fourth-order valence-electron chi connectivity index (χ4n) is 10.3. The fourth-order valence-corrected chi connectivity index (χ4v) is 11.8. The summed E-state index contributed by atoms with van der Waals surface area (Å²) in [6, 6.07) is 0. The molecule has 0 spiro atoms. The van der Waals surface area contributed by atoms with Crippen LogP contribution in [0.4, 0.5) is 0 Å². The molecule has 0 aromatic carbocycles. The van der Waals surface area contributed by atoms with Crippen molar-refractivity contribution >= 4 is 39.5 Å². The molecule has 0 bridgehead atoms. The smallest absolute Gasteiger partial charge is 0.462 e. The van der Waals surface area contributed by atoms with E-state index in [0.29, 0.717) is 38.5 Å². The van der Waals surface area contributed by atoms with Gasteiger partial charge < -0.3 is 33.8 Å². The highest BCUT2D eigenvalue weighted by molar-refractivity contribution is 7.47. The number of carbonyl (C=O) groups is 4. The number of phosphoric ester groups is 2. The van der Waals surface area contributed by atoms with Crippen LogP contribution in [0.5, 0.6) is 0 Å². The van der Waals surface area contributed by atoms with Gasteiger partial charge in [0.2, 0.25) is 0 Å². The van der Waals surface area contributed by atoms with Crippen LogP contribution in [0.15, 0.2) is 182 Å². The van der Waals surface area contributed by atoms with Gasteiger partial charge >= 0.3 is 39.5 Å². The molecule has 0 amide bonds. The maximum Gasteiger partial charge on any atom is 0.472 e. The minimum absolute atomic E-state index is 0.0267. The van der Waals surface area contributed by atoms with Crippen molar-refractivity contribution in [2.24, 2.45) is 0 Å². The zero-order chi connectivity index (χ0) is 78.9. The molecule has 5 atom stereocenters. The summed E-state index contributed by atoms with van der Waals surface area (Å²) in [7, 11) is -10.0. The lowest BCUT2D eigenvalue weighted by Crippen LogP contribution is -2.30. The Morgan fingerprint density at radius 1 is 0.269 bits per heavy atom. The summed E-state index contributed by atoms with van der Waals surface area (Å²) in [5, 5.41) is 10.7. The molecular weight excluding hydrogens is 1400 g/mol. The minimum Gasteiger partial charge on any atom is -0.462 e. The van der Waals surface area contributed by atoms with E-state index in [2.05, 4.69) is 192 Å². The maximum absolute atomic E-state index is 13.1. The maximum atomic E-state index is 13.1. The predicted molar refractivity (Wildman–Crippen MR) is 445 cm³/mol. The lowest BCUT2D eigenvalue weighted by atomic mass is 10.0. The molecule has 17 nitrogen and oxygen atoms in total. The second-order valence-corrected chi connectivity index (χ2v) is 29.5. The molecule has 0 aliphatic carbocycles. The first-order chi connectivity index (χ1) is 52.7. The molecule has 3 N–H and O–H groups in total. The molecule has 0 saturated carbocycles. The van der Waals surface area contributed by atoms with E-state index in [1.54, 1.807) is 0 Å². The van der Waals surface area contributed by atoms with Crippen LogP contribution in [0.3, 0.4) is 0 Å². The monoisotopic (exact) mass is 1550 g/mol. The van der Waals surface area contributed by atoms with Crippen LogP contribution in [-0.4, -0.2) is 96.7 Å². The SMILES string of the molecule is CC/C=C\C/C=C\C/C=C\C/C=C\C/C=C\C/C=C\CCC(=O)OCC(COP(=O)(O)OCC(O)COP(=O)(O)OCC(COC(=O)CCCCC/C=C\C/C=C\C/C=C\C/C=C\C/C=C\CC)OC(=O)CCCC/C=C\C/C=C\C/C=C\C/C=C\CC)OC(=O)CCCCCCCCCCCCCCCCC. The average molecular weight is 1550 g/mol. The van der Waals surface area contributed by atoms with Crippen LogP contribution >= 0.6 is 15.6 Å². The molecular formula is C89H144O17P2. The van der Waals surface area contributed by atoms with E-state index >= 15 is 0 Å². The molecule has 0 aliphatic heterocycles. The summed E-state index contributed by atoms with van der Waals surface area (Å²) in [6.45, 7) is 4.36. The number of aliphatic hydroxyl groups is 1. The van der Waals surface area contributed by atoms with Crippen molar-refractivity contribution in [2.75, 3.05) is 39.6 Å². The third-order valence-electron chi connectivity index (χ3n) is 16.4. The van der Waals surface area contributed by atoms with Gasteiger partial charge in [-0.1, -0.05) is 306 Å². The number of unbranched alkanes of at least 4 members (excludes halogenated alkanes) is 19. The molecule has 19 heteroatoms. The number of hydrogen-bond acceptors (Lipinski definition) is 15. The highest BCUT2D eigenvalue weighted by Crippen LogP contribution is 2.45. The number of carbonyl (C=O) groups excluding carboxylic acids is 4. The van der Waals surface area contributed by atoms with Crippen LogP contribution in [0.2, 0.25) is 0 Å². The highest BCUT2D eigenvalue weighted by Gasteiger charge is 2.30. The van der Waals surface area contributed by atoms with Crippen LogP contribution in [0.1, 0.15) is 297 Å². The van der Waals surface area contributed by atoms with E-state index in [1.165, 1.54) is 64.2 Å². The topological polar surface area (TPSA) is 237 Å². The Balaban J connectivity index is 5.50. The summed E-state index contributed by atoms with van der Waals surface area (Å²) in [4.78, 5) is 73.1. The molecule has 0 aromatic rings. The first kappa shape index (κ1) is 102. The van der Waals surface area contributed by atoms with Gasteiger partial charge in [-0.15, -0.1) is 0 Å². The molecule has 0 saturated heterocycles. The van der Waals surface area contributed by atoms with E-state index < -0.39 is 97.5 Å². The summed E-state index contributed by atoms with van der Waals surface area (Å²) in [5.41, 5.74) is 0. The third-order valence-corrected chi connectivity index (χ3v) is 18.3. The van der Waals surface area contributed by atoms with Gasteiger partial charge in [0.05, 0.1) is 26.4 Å². The fraction of sp³-hybridized carbons (Fsp3) is 0.618. The quantitative estimate of drug-likeness (QED) is 0.0169. The average Bonchev–Trinajstić information content (AvgIpc) is 0.923. The molecule has 612 valence electrons. The molecule has 0 aromatic heterocycles. The van der Waals surface area contributed by atoms with Crippen molar-refractivity contribution < 1.29 is 80.2 Å². The summed E-state index contributed by atoms with van der Waals surface area (Å²) in [6.07, 6.45) is 96.0. The van der Waals surface area contributed by atoms with Gasteiger partial charge in [0.15, 0.2) is 12.2 Å². The molecule has 0 rings (SSSR count). The number of phosphoric acid groups is 2. The lowest BCUT2D eigenvalue weighted by Gasteiger charge is -2.21. The van der Waals surface area contributed by atoms with Gasteiger partial charge in [-0.2, -0.15) is 0 Å². The number of rotatable bonds is 75. The Kier molecular flexibility index (Phi) is 75.0. The highest BCUT2D eigenvalue weighted by atomic mass is 31.2. The van der Waals surface area contributed by atoms with E-state index in [9.17, 15) is 43.2 Å². The van der Waals surface area contributed by atoms with Crippen molar-refractivity contribution in [1.29, 1.82) is 0 Å². The standard InChI is InChI=1S/C89H144O17P2/c1-5-9-13-17-21-25-29-33-37-39-41-43-47-49-53-57-61-65-69-73-86(91)99-79-84(105-88(93)75-71-67-63-59-55-51-45-35-31-27-23-19-15-11-7-3)81-103-107(95,96)101-77-83(90)78-102-108(97,98)104-82-85(106-89(94)76-72-68-64-60-56-52-46-36-32-28-24-20-16-12-8-4)80-100-87(92)74-70-66-62-58-54-50-48-44-42-40-38-34-30-26-22-18-14-10-6-2/h9-11,13-15,21-23,25-27,33-35,37-38,41-45,49-50,53-55,59,62,66,83-85,90H,5-8,12,16-20,24,28-32,36,39-40,46-48,51-52,56-58,60-61,63-65,67-82H2,1-4H3,(H,95,96)(H,97,98)/b13-9-,14-10-,15-11-,25-21-,26-22-,27-23-,37-33-,38-34-,43-41-,44-42-,45-35-,53-49-,54-50-,59-55-,66-62-. The molecule has 5 unspecified atom stereocenters. The Labute approximate surface area is 654 Å². The van der Waals surface area contributed by atoms with E-state index in [0.717, 1.165) is 141 Å². The normalized spacial score (nSPS) is 14.8. The summed E-state index contributed by atoms with van der Waals surface area (Å²) < 4.78 is 68.5. The Hall–Kier alpha value is -5.84. The molecule has 0 heterocycles. The largest absolute Gasteiger partial charge is 0.472 e. The molecule has 0 aliphatic rings. The van der Waals surface area contributed by atoms with E-state index in [-0.39, 0.29) is 25.7 Å². The van der Waals surface area contributed by atoms with Crippen LogP contribution in [-0.2, 0) is 65.4 Å². The van der Waals surface area contributed by atoms with Gasteiger partial charge in [0.1, 0.15) is 19.3 Å². The second kappa shape index (κ2) is 79.3. The number of allylic oxidation sites excluding steroid dienone is 30. The predicted octanol–water partition coefficient (Wildman–Crippen LogP) is 24.3. The second-order valence-electron chi connectivity index (χ2n) is 26.6. The van der Waals surface area contributed by atoms with Crippen LogP contribution < -0.4 is 0 Å². The van der Waals surface area contributed by atoms with Gasteiger partial charge in [0, 0.05) is 25.7 Å².